The molecule has 2 unspecified atom stereocenters. The van der Waals surface area contributed by atoms with Crippen LogP contribution in [-0.4, -0.2) is 50.8 Å². The molecule has 0 aliphatic carbocycles. The van der Waals surface area contributed by atoms with Gasteiger partial charge in [-0.25, -0.2) is 0 Å². The Morgan fingerprint density at radius 2 is 0.938 bits per heavy atom. The summed E-state index contributed by atoms with van der Waals surface area (Å²) in [6.45, 7) is 2.27. The average molecular weight is 287 g/mol. The van der Waals surface area contributed by atoms with Crippen LogP contribution >= 0.6 is 0 Å². The van der Waals surface area contributed by atoms with Crippen LogP contribution < -0.4 is 10.2 Å². The van der Waals surface area contributed by atoms with Gasteiger partial charge >= 0.3 is 17.1 Å². The Labute approximate surface area is 102 Å². The van der Waals surface area contributed by atoms with E-state index in [2.05, 4.69) is 0 Å². The second-order valence-electron chi connectivity index (χ2n) is 1.99. The fourth-order valence-electron chi connectivity index (χ4n) is 0. The summed E-state index contributed by atoms with van der Waals surface area (Å²) in [7, 11) is 0. The Balaban J connectivity index is -0.0000000250. The van der Waals surface area contributed by atoms with Gasteiger partial charge in [-0.2, -0.15) is 0 Å². The molecule has 0 aliphatic rings. The van der Waals surface area contributed by atoms with Crippen LogP contribution in [0.5, 0.6) is 0 Å². The first-order chi connectivity index (χ1) is 5.29. The molecule has 2 atom stereocenters. The van der Waals surface area contributed by atoms with E-state index in [1.165, 1.54) is 0 Å². The van der Waals surface area contributed by atoms with Gasteiger partial charge in [0.2, 0.25) is 0 Å². The molecular formula is C6H16MnO9. The Kier molecular flexibility index (Phi) is 44.7. The summed E-state index contributed by atoms with van der Waals surface area (Å²) in [5.41, 5.74) is 0. The zero-order valence-corrected chi connectivity index (χ0v) is 9.74. The topological polar surface area (TPSA) is 215 Å². The Morgan fingerprint density at radius 3 is 0.938 bits per heavy atom. The Morgan fingerprint density at radius 1 is 0.875 bits per heavy atom. The van der Waals surface area contributed by atoms with E-state index in [0.29, 0.717) is 0 Å². The molecule has 0 rings (SSSR count). The summed E-state index contributed by atoms with van der Waals surface area (Å²) >= 11 is 0. The number of aliphatic hydroxyl groups is 2. The van der Waals surface area contributed by atoms with E-state index < -0.39 is 24.1 Å². The van der Waals surface area contributed by atoms with Gasteiger partial charge in [-0.05, 0) is 13.8 Å². The van der Waals surface area contributed by atoms with Gasteiger partial charge in [-0.1, -0.05) is 0 Å². The minimum Gasteiger partial charge on any atom is -0.547 e. The molecule has 0 aromatic rings. The monoisotopic (exact) mass is 287 g/mol. The zero-order valence-electron chi connectivity index (χ0n) is 8.56. The van der Waals surface area contributed by atoms with Crippen molar-refractivity contribution < 1.29 is 63.5 Å². The van der Waals surface area contributed by atoms with Crippen LogP contribution in [0.15, 0.2) is 0 Å². The first-order valence-electron chi connectivity index (χ1n) is 3.06. The number of carbonyl (C=O) groups is 2. The van der Waals surface area contributed by atoms with E-state index in [0.717, 1.165) is 13.8 Å². The van der Waals surface area contributed by atoms with Crippen molar-refractivity contribution in [2.45, 2.75) is 26.1 Å². The molecule has 0 aliphatic heterocycles. The number of carboxylic acid groups (broad SMARTS) is 2. The molecule has 0 saturated carbocycles. The molecule has 0 fully saturated rings. The molecule has 0 bridgehead atoms. The van der Waals surface area contributed by atoms with Crippen molar-refractivity contribution in [2.24, 2.45) is 0 Å². The van der Waals surface area contributed by atoms with Gasteiger partial charge in [-0.3, -0.25) is 0 Å². The van der Waals surface area contributed by atoms with Crippen LogP contribution in [0.2, 0.25) is 0 Å². The van der Waals surface area contributed by atoms with E-state index >= 15 is 0 Å². The summed E-state index contributed by atoms with van der Waals surface area (Å²) in [6.07, 6.45) is -2.69. The maximum absolute atomic E-state index is 9.34. The maximum Gasteiger partial charge on any atom is 2.00 e. The molecule has 0 saturated heterocycles. The van der Waals surface area contributed by atoms with Crippen molar-refractivity contribution in [2.75, 3.05) is 0 Å². The minimum atomic E-state index is -1.44. The molecule has 1 radical (unpaired) electrons. The standard InChI is InChI=1S/2C3H6O3.Mn.3H2O/c2*1-2(4)3(5)6;;;;/h2*2,4H,1H3,(H,5,6);;3*1H2/q;;+2;;;/p-2. The largest absolute Gasteiger partial charge is 2.00 e. The summed E-state index contributed by atoms with van der Waals surface area (Å²) in [4.78, 5) is 18.7. The first kappa shape index (κ1) is 36.2. The molecule has 8 N–H and O–H groups in total. The fraction of sp³-hybridized carbons (Fsp3) is 0.667. The third kappa shape index (κ3) is 37.8. The number of aliphatic hydroxyl groups excluding tert-OH is 2. The second kappa shape index (κ2) is 19.8. The van der Waals surface area contributed by atoms with Crippen LogP contribution in [0.4, 0.5) is 0 Å². The van der Waals surface area contributed by atoms with Crippen molar-refractivity contribution >= 4 is 11.9 Å². The molecule has 10 heteroatoms. The van der Waals surface area contributed by atoms with Crippen LogP contribution in [-0.2, 0) is 26.7 Å². The van der Waals surface area contributed by atoms with Crippen molar-refractivity contribution in [3.63, 3.8) is 0 Å². The van der Waals surface area contributed by atoms with E-state index in [1.807, 2.05) is 0 Å². The van der Waals surface area contributed by atoms with Crippen molar-refractivity contribution in [3.05, 3.63) is 0 Å². The van der Waals surface area contributed by atoms with Crippen LogP contribution in [0.25, 0.3) is 0 Å². The number of carbonyl (C=O) groups excluding carboxylic acids is 2. The zero-order chi connectivity index (χ0) is 10.3. The van der Waals surface area contributed by atoms with Crippen LogP contribution in [0, 0.1) is 0 Å². The number of hydrogen-bond acceptors (Lipinski definition) is 6. The molecule has 101 valence electrons. The van der Waals surface area contributed by atoms with Crippen molar-refractivity contribution in [1.29, 1.82) is 0 Å². The third-order valence-corrected chi connectivity index (χ3v) is 0.682. The third-order valence-electron chi connectivity index (χ3n) is 0.682. The van der Waals surface area contributed by atoms with Gasteiger partial charge < -0.3 is 46.4 Å². The van der Waals surface area contributed by atoms with E-state index in [-0.39, 0.29) is 33.5 Å². The van der Waals surface area contributed by atoms with Crippen molar-refractivity contribution in [3.8, 4) is 0 Å². The number of carboxylic acids is 2. The molecule has 16 heavy (non-hydrogen) atoms. The SMILES string of the molecule is CC(O)C(=O)[O-].CC(O)C(=O)[O-].O.O.O.[Mn+2]. The Hall–Kier alpha value is -0.741. The normalized spacial score (nSPS) is 10.2. The van der Waals surface area contributed by atoms with Gasteiger partial charge in [0.05, 0.1) is 24.1 Å². The van der Waals surface area contributed by atoms with E-state index in [4.69, 9.17) is 10.2 Å². The molecule has 0 amide bonds. The van der Waals surface area contributed by atoms with Gasteiger partial charge in [0.15, 0.2) is 0 Å². The maximum atomic E-state index is 9.34. The summed E-state index contributed by atoms with van der Waals surface area (Å²) in [5.74, 6) is -2.87. The van der Waals surface area contributed by atoms with Crippen LogP contribution in [0.3, 0.4) is 0 Å². The van der Waals surface area contributed by atoms with Crippen molar-refractivity contribution in [1.82, 2.24) is 0 Å². The minimum absolute atomic E-state index is 0. The average Bonchev–Trinajstić information content (AvgIpc) is 1.88. The number of rotatable bonds is 2. The van der Waals surface area contributed by atoms with Gasteiger partial charge in [0.1, 0.15) is 0 Å². The van der Waals surface area contributed by atoms with E-state index in [9.17, 15) is 19.8 Å². The summed E-state index contributed by atoms with van der Waals surface area (Å²) in [6, 6.07) is 0. The van der Waals surface area contributed by atoms with Gasteiger partial charge in [0.25, 0.3) is 0 Å². The van der Waals surface area contributed by atoms with Gasteiger partial charge in [-0.15, -0.1) is 0 Å². The molecule has 9 nitrogen and oxygen atoms in total. The molecule has 0 spiro atoms. The molecular weight excluding hydrogens is 271 g/mol. The molecule has 0 aromatic heterocycles. The predicted octanol–water partition coefficient (Wildman–Crippen LogP) is -6.24. The van der Waals surface area contributed by atoms with Gasteiger partial charge in [0, 0.05) is 0 Å². The van der Waals surface area contributed by atoms with Crippen LogP contribution in [0.1, 0.15) is 13.8 Å². The number of hydrogen-bond donors (Lipinski definition) is 2. The predicted molar refractivity (Wildman–Crippen MR) is 44.2 cm³/mol. The quantitative estimate of drug-likeness (QED) is 0.470. The molecule has 0 heterocycles. The molecule has 0 aromatic carbocycles. The summed E-state index contributed by atoms with van der Waals surface area (Å²) in [5, 5.41) is 34.6. The first-order valence-corrected chi connectivity index (χ1v) is 3.06. The summed E-state index contributed by atoms with van der Waals surface area (Å²) < 4.78 is 0. The smallest absolute Gasteiger partial charge is 0.547 e. The fourth-order valence-corrected chi connectivity index (χ4v) is 0. The van der Waals surface area contributed by atoms with E-state index in [1.54, 1.807) is 0 Å². The second-order valence-corrected chi connectivity index (χ2v) is 1.99. The number of aliphatic carboxylic acids is 2. The Bertz CT molecular complexity index is 140.